The van der Waals surface area contributed by atoms with E-state index in [9.17, 15) is 13.2 Å². The van der Waals surface area contributed by atoms with Crippen LogP contribution in [0.2, 0.25) is 0 Å². The van der Waals surface area contributed by atoms with Gasteiger partial charge in [-0.3, -0.25) is 4.79 Å². The summed E-state index contributed by atoms with van der Waals surface area (Å²) in [6.07, 6.45) is 1.47. The van der Waals surface area contributed by atoms with Crippen molar-refractivity contribution in [3.05, 3.63) is 46.6 Å². The molecule has 7 nitrogen and oxygen atoms in total. The Morgan fingerprint density at radius 2 is 1.77 bits per heavy atom. The van der Waals surface area contributed by atoms with Crippen LogP contribution in [0, 0.1) is 0 Å². The molecule has 9 heteroatoms. The molecule has 2 aromatic rings. The molecule has 0 bridgehead atoms. The van der Waals surface area contributed by atoms with Gasteiger partial charge in [0.05, 0.1) is 0 Å². The lowest BCUT2D eigenvalue weighted by atomic mass is 10.1. The highest BCUT2D eigenvalue weighted by atomic mass is 79.9. The maximum Gasteiger partial charge on any atom is 0.246 e. The van der Waals surface area contributed by atoms with E-state index in [0.717, 1.165) is 5.69 Å². The van der Waals surface area contributed by atoms with Gasteiger partial charge in [0.2, 0.25) is 10.0 Å². The van der Waals surface area contributed by atoms with Crippen molar-refractivity contribution in [2.24, 2.45) is 0 Å². The van der Waals surface area contributed by atoms with Crippen molar-refractivity contribution < 1.29 is 13.2 Å². The zero-order valence-electron chi connectivity index (χ0n) is 14.2. The highest BCUT2D eigenvalue weighted by molar-refractivity contribution is 9.10. The lowest BCUT2D eigenvalue weighted by Gasteiger charge is -2.35. The van der Waals surface area contributed by atoms with Gasteiger partial charge in [-0.05, 0) is 53.2 Å². The third-order valence-electron chi connectivity index (χ3n) is 4.34. The number of sulfonamides is 1. The number of Topliss-reactive ketones (excluding diaryl/α,β-unsaturated/α-hetero) is 1. The Kier molecular flexibility index (Phi) is 5.31. The largest absolute Gasteiger partial charge is 0.383 e. The summed E-state index contributed by atoms with van der Waals surface area (Å²) in [6, 6.07) is 8.82. The molecule has 0 unspecified atom stereocenters. The number of nitrogen functional groups attached to an aromatic ring is 1. The molecule has 1 fully saturated rings. The summed E-state index contributed by atoms with van der Waals surface area (Å²) < 4.78 is 27.7. The first kappa shape index (κ1) is 18.8. The van der Waals surface area contributed by atoms with E-state index in [1.807, 2.05) is 12.1 Å². The van der Waals surface area contributed by atoms with Gasteiger partial charge in [0.15, 0.2) is 5.78 Å². The Balaban J connectivity index is 1.73. The summed E-state index contributed by atoms with van der Waals surface area (Å²) in [7, 11) is -3.69. The number of halogens is 1. The number of nitrogens with two attached hydrogens (primary N) is 1. The Labute approximate surface area is 161 Å². The molecule has 2 heterocycles. The van der Waals surface area contributed by atoms with Gasteiger partial charge < -0.3 is 10.6 Å². The Morgan fingerprint density at radius 1 is 1.15 bits per heavy atom. The smallest absolute Gasteiger partial charge is 0.246 e. The van der Waals surface area contributed by atoms with Crippen molar-refractivity contribution >= 4 is 43.2 Å². The molecule has 2 N–H and O–H groups in total. The first-order chi connectivity index (χ1) is 12.3. The molecule has 0 radical (unpaired) electrons. The molecule has 0 amide bonds. The van der Waals surface area contributed by atoms with Gasteiger partial charge >= 0.3 is 0 Å². The second kappa shape index (κ2) is 7.34. The fourth-order valence-electron chi connectivity index (χ4n) is 2.87. The summed E-state index contributed by atoms with van der Waals surface area (Å²) in [5.41, 5.74) is 7.39. The van der Waals surface area contributed by atoms with Crippen molar-refractivity contribution in [3.63, 3.8) is 0 Å². The van der Waals surface area contributed by atoms with Gasteiger partial charge in [0.1, 0.15) is 10.7 Å². The average molecular weight is 439 g/mol. The average Bonchev–Trinajstić information content (AvgIpc) is 2.64. The van der Waals surface area contributed by atoms with Crippen molar-refractivity contribution in [3.8, 4) is 0 Å². The second-order valence-electron chi connectivity index (χ2n) is 6.03. The number of hydrogen-bond donors (Lipinski definition) is 1. The van der Waals surface area contributed by atoms with Crippen molar-refractivity contribution in [1.82, 2.24) is 9.29 Å². The van der Waals surface area contributed by atoms with Crippen LogP contribution in [0.4, 0.5) is 11.5 Å². The zero-order valence-corrected chi connectivity index (χ0v) is 16.6. The van der Waals surface area contributed by atoms with Crippen LogP contribution in [0.1, 0.15) is 17.3 Å². The van der Waals surface area contributed by atoms with E-state index in [0.29, 0.717) is 36.2 Å². The quantitative estimate of drug-likeness (QED) is 0.734. The lowest BCUT2D eigenvalue weighted by Crippen LogP contribution is -2.48. The number of pyridine rings is 1. The number of benzene rings is 1. The molecule has 1 aromatic heterocycles. The van der Waals surface area contributed by atoms with Crippen LogP contribution >= 0.6 is 15.9 Å². The number of carbonyl (C=O) groups is 1. The van der Waals surface area contributed by atoms with E-state index in [4.69, 9.17) is 5.73 Å². The number of anilines is 2. The second-order valence-corrected chi connectivity index (χ2v) is 8.85. The molecular formula is C17H19BrN4O3S. The summed E-state index contributed by atoms with van der Waals surface area (Å²) in [5, 5.41) is 0. The molecule has 26 heavy (non-hydrogen) atoms. The van der Waals surface area contributed by atoms with E-state index >= 15 is 0 Å². The van der Waals surface area contributed by atoms with E-state index in [2.05, 4.69) is 25.8 Å². The molecule has 1 aromatic carbocycles. The Hall–Kier alpha value is -1.97. The highest BCUT2D eigenvalue weighted by Crippen LogP contribution is 2.26. The molecule has 0 aliphatic carbocycles. The van der Waals surface area contributed by atoms with Gasteiger partial charge in [-0.1, -0.05) is 0 Å². The normalized spacial score (nSPS) is 15.8. The first-order valence-electron chi connectivity index (χ1n) is 8.06. The number of ketones is 1. The van der Waals surface area contributed by atoms with Crippen LogP contribution < -0.4 is 10.6 Å². The molecule has 1 aliphatic rings. The molecule has 1 aliphatic heterocycles. The van der Waals surface area contributed by atoms with E-state index < -0.39 is 10.0 Å². The summed E-state index contributed by atoms with van der Waals surface area (Å²) >= 11 is 3.24. The minimum atomic E-state index is -3.69. The standard InChI is InChI=1S/C17H19BrN4O3S/c1-12(23)13-2-4-15(5-3-13)21-6-8-22(9-7-21)26(24,25)16-10-14(18)11-20-17(16)19/h2-5,10-11H,6-9H2,1H3,(H2,19,20). The minimum Gasteiger partial charge on any atom is -0.383 e. The molecule has 0 spiro atoms. The fourth-order valence-corrected chi connectivity index (χ4v) is 4.87. The monoisotopic (exact) mass is 438 g/mol. The minimum absolute atomic E-state index is 0.00421. The van der Waals surface area contributed by atoms with Gasteiger partial charge in [-0.2, -0.15) is 4.31 Å². The van der Waals surface area contributed by atoms with Crippen LogP contribution in [0.15, 0.2) is 45.9 Å². The summed E-state index contributed by atoms with van der Waals surface area (Å²) in [5.74, 6) is 0.0168. The molecule has 3 rings (SSSR count). The van der Waals surface area contributed by atoms with Gasteiger partial charge in [0, 0.05) is 48.1 Å². The highest BCUT2D eigenvalue weighted by Gasteiger charge is 2.30. The number of nitrogens with zero attached hydrogens (tertiary/aromatic N) is 3. The van der Waals surface area contributed by atoms with E-state index in [-0.39, 0.29) is 16.5 Å². The first-order valence-corrected chi connectivity index (χ1v) is 10.3. The molecule has 0 atom stereocenters. The molecule has 138 valence electrons. The third-order valence-corrected chi connectivity index (χ3v) is 6.71. The van der Waals surface area contributed by atoms with E-state index in [1.165, 1.54) is 23.5 Å². The number of aromatic nitrogens is 1. The fraction of sp³-hybridized carbons (Fsp3) is 0.294. The van der Waals surface area contributed by atoms with Crippen molar-refractivity contribution in [2.75, 3.05) is 36.8 Å². The Morgan fingerprint density at radius 3 is 2.35 bits per heavy atom. The lowest BCUT2D eigenvalue weighted by molar-refractivity contribution is 0.101. The number of piperazine rings is 1. The molecule has 0 saturated carbocycles. The van der Waals surface area contributed by atoms with Gasteiger partial charge in [-0.25, -0.2) is 13.4 Å². The molecular weight excluding hydrogens is 420 g/mol. The summed E-state index contributed by atoms with van der Waals surface area (Å²) in [6.45, 7) is 3.34. The topological polar surface area (TPSA) is 96.6 Å². The third kappa shape index (κ3) is 3.74. The van der Waals surface area contributed by atoms with Crippen molar-refractivity contribution in [2.45, 2.75) is 11.8 Å². The Bertz CT molecular complexity index is 924. The summed E-state index contributed by atoms with van der Waals surface area (Å²) in [4.78, 5) is 17.4. The zero-order chi connectivity index (χ0) is 18.9. The maximum atomic E-state index is 12.9. The number of hydrogen-bond acceptors (Lipinski definition) is 6. The molecule has 1 saturated heterocycles. The van der Waals surface area contributed by atoms with Crippen molar-refractivity contribution in [1.29, 1.82) is 0 Å². The number of carbonyl (C=O) groups excluding carboxylic acids is 1. The van der Waals surface area contributed by atoms with Crippen LogP contribution in [-0.2, 0) is 10.0 Å². The SMILES string of the molecule is CC(=O)c1ccc(N2CCN(S(=O)(=O)c3cc(Br)cnc3N)CC2)cc1. The number of rotatable bonds is 4. The maximum absolute atomic E-state index is 12.9. The van der Waals surface area contributed by atoms with Crippen LogP contribution in [-0.4, -0.2) is 49.7 Å². The predicted octanol–water partition coefficient (Wildman–Crippen LogP) is 2.14. The predicted molar refractivity (Wildman–Crippen MR) is 104 cm³/mol. The van der Waals surface area contributed by atoms with Crippen LogP contribution in [0.5, 0.6) is 0 Å². The van der Waals surface area contributed by atoms with Gasteiger partial charge in [-0.15, -0.1) is 0 Å². The van der Waals surface area contributed by atoms with Gasteiger partial charge in [0.25, 0.3) is 0 Å². The van der Waals surface area contributed by atoms with Crippen LogP contribution in [0.3, 0.4) is 0 Å². The van der Waals surface area contributed by atoms with Crippen LogP contribution in [0.25, 0.3) is 0 Å². The van der Waals surface area contributed by atoms with E-state index in [1.54, 1.807) is 12.1 Å².